The van der Waals surface area contributed by atoms with Crippen molar-refractivity contribution < 1.29 is 4.74 Å². The van der Waals surface area contributed by atoms with Crippen LogP contribution in [0.3, 0.4) is 0 Å². The van der Waals surface area contributed by atoms with E-state index in [2.05, 4.69) is 24.9 Å². The van der Waals surface area contributed by atoms with Gasteiger partial charge in [-0.25, -0.2) is 4.98 Å². The van der Waals surface area contributed by atoms with Gasteiger partial charge in [0.25, 0.3) is 0 Å². The molecular weight excluding hydrogens is 162 g/mol. The normalized spacial score (nSPS) is 11.5. The van der Waals surface area contributed by atoms with Crippen molar-refractivity contribution in [3.05, 3.63) is 30.0 Å². The van der Waals surface area contributed by atoms with Crippen LogP contribution in [-0.2, 0) is 0 Å². The van der Waals surface area contributed by atoms with E-state index in [9.17, 15) is 0 Å². The summed E-state index contributed by atoms with van der Waals surface area (Å²) in [5.41, 5.74) is 2.42. The van der Waals surface area contributed by atoms with E-state index in [4.69, 9.17) is 4.74 Å². The summed E-state index contributed by atoms with van der Waals surface area (Å²) in [6.07, 6.45) is 5.07. The minimum atomic E-state index is 0.660. The Balaban J connectivity index is 2.85. The van der Waals surface area contributed by atoms with Crippen molar-refractivity contribution in [2.45, 2.75) is 20.3 Å². The van der Waals surface area contributed by atoms with E-state index in [1.54, 1.807) is 7.11 Å². The highest BCUT2D eigenvalue weighted by Crippen LogP contribution is 2.15. The highest BCUT2D eigenvalue weighted by atomic mass is 16.5. The van der Waals surface area contributed by atoms with Gasteiger partial charge in [0.1, 0.15) is 0 Å². The third kappa shape index (κ3) is 2.58. The first kappa shape index (κ1) is 9.78. The summed E-state index contributed by atoms with van der Waals surface area (Å²) in [5.74, 6) is 0.660. The Morgan fingerprint density at radius 2 is 2.31 bits per heavy atom. The number of hydrogen-bond donors (Lipinski definition) is 0. The van der Waals surface area contributed by atoms with Gasteiger partial charge in [0.2, 0.25) is 5.88 Å². The van der Waals surface area contributed by atoms with E-state index >= 15 is 0 Å². The Morgan fingerprint density at radius 3 is 2.77 bits per heavy atom. The molecule has 0 aliphatic heterocycles. The molecule has 0 bridgehead atoms. The van der Waals surface area contributed by atoms with E-state index in [0.717, 1.165) is 12.0 Å². The Kier molecular flexibility index (Phi) is 3.50. The van der Waals surface area contributed by atoms with Gasteiger partial charge in [-0.3, -0.25) is 0 Å². The van der Waals surface area contributed by atoms with Crippen LogP contribution in [0.1, 0.15) is 25.8 Å². The first-order valence-corrected chi connectivity index (χ1v) is 4.45. The van der Waals surface area contributed by atoms with E-state index in [-0.39, 0.29) is 0 Å². The predicted molar refractivity (Wildman–Crippen MR) is 54.7 cm³/mol. The van der Waals surface area contributed by atoms with Crippen LogP contribution in [0.2, 0.25) is 0 Å². The molecule has 2 heteroatoms. The van der Waals surface area contributed by atoms with Crippen molar-refractivity contribution in [3.8, 4) is 5.88 Å². The predicted octanol–water partition coefficient (Wildman–Crippen LogP) is 2.90. The standard InChI is InChI=1S/C11H15NO/c1-4-5-9(2)10-6-7-11(13-3)12-8-10/h5-8H,4H2,1-3H3/b9-5-. The van der Waals surface area contributed by atoms with Crippen LogP contribution in [0.15, 0.2) is 24.4 Å². The molecular formula is C11H15NO. The first-order chi connectivity index (χ1) is 6.27. The molecule has 0 amide bonds. The number of ether oxygens (including phenoxy) is 1. The Hall–Kier alpha value is -1.31. The van der Waals surface area contributed by atoms with Crippen LogP contribution in [0, 0.1) is 0 Å². The highest BCUT2D eigenvalue weighted by Gasteiger charge is 1.96. The Bertz CT molecular complexity index is 287. The fraction of sp³-hybridized carbons (Fsp3) is 0.364. The zero-order valence-corrected chi connectivity index (χ0v) is 8.37. The zero-order chi connectivity index (χ0) is 9.68. The van der Waals surface area contributed by atoms with Crippen molar-refractivity contribution in [3.63, 3.8) is 0 Å². The molecule has 1 aromatic rings. The molecule has 70 valence electrons. The molecule has 1 aromatic heterocycles. The van der Waals surface area contributed by atoms with Gasteiger partial charge in [-0.2, -0.15) is 0 Å². The molecule has 0 unspecified atom stereocenters. The molecule has 0 N–H and O–H groups in total. The van der Waals surface area contributed by atoms with E-state index < -0.39 is 0 Å². The average Bonchev–Trinajstić information content (AvgIpc) is 2.18. The molecule has 2 nitrogen and oxygen atoms in total. The van der Waals surface area contributed by atoms with E-state index in [1.807, 2.05) is 18.3 Å². The lowest BCUT2D eigenvalue weighted by Crippen LogP contribution is -1.88. The minimum absolute atomic E-state index is 0.660. The fourth-order valence-electron chi connectivity index (χ4n) is 1.16. The molecule has 0 radical (unpaired) electrons. The van der Waals surface area contributed by atoms with Gasteiger partial charge in [-0.15, -0.1) is 0 Å². The summed E-state index contributed by atoms with van der Waals surface area (Å²) < 4.78 is 4.98. The van der Waals surface area contributed by atoms with Gasteiger partial charge in [-0.1, -0.05) is 13.0 Å². The molecule has 13 heavy (non-hydrogen) atoms. The number of rotatable bonds is 3. The largest absolute Gasteiger partial charge is 0.481 e. The summed E-state index contributed by atoms with van der Waals surface area (Å²) >= 11 is 0. The first-order valence-electron chi connectivity index (χ1n) is 4.45. The average molecular weight is 177 g/mol. The molecule has 0 aliphatic carbocycles. The molecule has 0 fully saturated rings. The molecule has 0 spiro atoms. The summed E-state index contributed by atoms with van der Waals surface area (Å²) in [6, 6.07) is 3.90. The van der Waals surface area contributed by atoms with Crippen LogP contribution in [0.4, 0.5) is 0 Å². The van der Waals surface area contributed by atoms with Crippen molar-refractivity contribution in [1.29, 1.82) is 0 Å². The van der Waals surface area contributed by atoms with Crippen molar-refractivity contribution >= 4 is 5.57 Å². The van der Waals surface area contributed by atoms with Gasteiger partial charge < -0.3 is 4.74 Å². The molecule has 1 rings (SSSR count). The second-order valence-electron chi connectivity index (χ2n) is 2.88. The molecule has 0 atom stereocenters. The van der Waals surface area contributed by atoms with Crippen LogP contribution < -0.4 is 4.74 Å². The lowest BCUT2D eigenvalue weighted by atomic mass is 10.1. The lowest BCUT2D eigenvalue weighted by Gasteiger charge is -2.02. The number of aromatic nitrogens is 1. The number of pyridine rings is 1. The van der Waals surface area contributed by atoms with Crippen molar-refractivity contribution in [1.82, 2.24) is 4.98 Å². The highest BCUT2D eigenvalue weighted by molar-refractivity contribution is 5.62. The van der Waals surface area contributed by atoms with Gasteiger partial charge >= 0.3 is 0 Å². The quantitative estimate of drug-likeness (QED) is 0.708. The van der Waals surface area contributed by atoms with Crippen LogP contribution in [0.25, 0.3) is 5.57 Å². The maximum absolute atomic E-state index is 4.98. The second kappa shape index (κ2) is 4.65. The number of methoxy groups -OCH3 is 1. The SMILES string of the molecule is CC/C=C(/C)c1ccc(OC)nc1. The van der Waals surface area contributed by atoms with E-state index in [0.29, 0.717) is 5.88 Å². The van der Waals surface area contributed by atoms with Gasteiger partial charge in [0, 0.05) is 12.3 Å². The van der Waals surface area contributed by atoms with Gasteiger partial charge in [0.15, 0.2) is 0 Å². The monoisotopic (exact) mass is 177 g/mol. The smallest absolute Gasteiger partial charge is 0.212 e. The second-order valence-corrected chi connectivity index (χ2v) is 2.88. The maximum atomic E-state index is 4.98. The zero-order valence-electron chi connectivity index (χ0n) is 8.37. The minimum Gasteiger partial charge on any atom is -0.481 e. The molecule has 1 heterocycles. The van der Waals surface area contributed by atoms with Gasteiger partial charge in [0.05, 0.1) is 7.11 Å². The summed E-state index contributed by atoms with van der Waals surface area (Å²) in [4.78, 5) is 4.14. The van der Waals surface area contributed by atoms with Crippen LogP contribution in [0.5, 0.6) is 5.88 Å². The van der Waals surface area contributed by atoms with Crippen molar-refractivity contribution in [2.24, 2.45) is 0 Å². The van der Waals surface area contributed by atoms with Crippen LogP contribution >= 0.6 is 0 Å². The number of hydrogen-bond acceptors (Lipinski definition) is 2. The summed E-state index contributed by atoms with van der Waals surface area (Å²) in [5, 5.41) is 0. The molecule has 0 saturated heterocycles. The van der Waals surface area contributed by atoms with E-state index in [1.165, 1.54) is 5.57 Å². The Morgan fingerprint density at radius 1 is 1.54 bits per heavy atom. The number of nitrogens with zero attached hydrogens (tertiary/aromatic N) is 1. The summed E-state index contributed by atoms with van der Waals surface area (Å²) in [6.45, 7) is 4.22. The molecule has 0 aromatic carbocycles. The molecule has 0 aliphatic rings. The summed E-state index contributed by atoms with van der Waals surface area (Å²) in [7, 11) is 1.62. The number of allylic oxidation sites excluding steroid dienone is 2. The third-order valence-corrected chi connectivity index (χ3v) is 1.91. The fourth-order valence-corrected chi connectivity index (χ4v) is 1.16. The lowest BCUT2D eigenvalue weighted by molar-refractivity contribution is 0.398. The topological polar surface area (TPSA) is 22.1 Å². The third-order valence-electron chi connectivity index (χ3n) is 1.91. The van der Waals surface area contributed by atoms with Gasteiger partial charge in [-0.05, 0) is 30.5 Å². The maximum Gasteiger partial charge on any atom is 0.212 e. The van der Waals surface area contributed by atoms with Crippen LogP contribution in [-0.4, -0.2) is 12.1 Å². The Labute approximate surface area is 79.3 Å². The van der Waals surface area contributed by atoms with Crippen molar-refractivity contribution in [2.75, 3.05) is 7.11 Å². The molecule has 0 saturated carbocycles.